The highest BCUT2D eigenvalue weighted by Gasteiger charge is 2.26. The van der Waals surface area contributed by atoms with E-state index in [2.05, 4.69) is 17.4 Å². The largest absolute Gasteiger partial charge is 0.492 e. The number of nitrogens with two attached hydrogens (primary N) is 1. The summed E-state index contributed by atoms with van der Waals surface area (Å²) in [5.74, 6) is 0.720. The predicted octanol–water partition coefficient (Wildman–Crippen LogP) is 3.06. The zero-order chi connectivity index (χ0) is 15.5. The summed E-state index contributed by atoms with van der Waals surface area (Å²) in [5, 5.41) is 3.01. The van der Waals surface area contributed by atoms with Crippen LogP contribution in [0.1, 0.15) is 24.9 Å². The maximum absolute atomic E-state index is 11.9. The Morgan fingerprint density at radius 3 is 2.65 bits per heavy atom. The highest BCUT2D eigenvalue weighted by atomic mass is 35.5. The monoisotopic (exact) mass is 332 g/mol. The highest BCUT2D eigenvalue weighted by molar-refractivity contribution is 5.85. The molecule has 0 saturated heterocycles. The third kappa shape index (κ3) is 3.66. The van der Waals surface area contributed by atoms with Crippen LogP contribution < -0.4 is 15.8 Å². The molecule has 0 aromatic heterocycles. The van der Waals surface area contributed by atoms with Crippen LogP contribution in [0.15, 0.2) is 48.5 Å². The summed E-state index contributed by atoms with van der Waals surface area (Å²) in [7, 11) is 0. The number of fused-ring (bicyclic) bond motifs is 1. The van der Waals surface area contributed by atoms with Crippen LogP contribution in [0.5, 0.6) is 5.75 Å². The second-order valence-corrected chi connectivity index (χ2v) is 5.58. The molecule has 1 heterocycles. The molecule has 1 unspecified atom stereocenters. The van der Waals surface area contributed by atoms with Crippen LogP contribution in [-0.4, -0.2) is 18.6 Å². The number of nitrogens with one attached hydrogen (secondary N) is 1. The number of ether oxygens (including phenoxy) is 1. The number of carbonyl (C=O) groups excluding carboxylic acids is 1. The molecule has 2 atom stereocenters. The summed E-state index contributed by atoms with van der Waals surface area (Å²) in [6.07, 6.45) is 0.754. The summed E-state index contributed by atoms with van der Waals surface area (Å²) in [5.41, 5.74) is 8.83. The van der Waals surface area contributed by atoms with E-state index in [0.717, 1.165) is 28.9 Å². The lowest BCUT2D eigenvalue weighted by Gasteiger charge is -2.29. The lowest BCUT2D eigenvalue weighted by Crippen LogP contribution is -2.41. The quantitative estimate of drug-likeness (QED) is 0.908. The number of hydrogen-bond acceptors (Lipinski definition) is 3. The van der Waals surface area contributed by atoms with Gasteiger partial charge in [-0.05, 0) is 12.5 Å². The minimum absolute atomic E-state index is 0. The first-order valence-corrected chi connectivity index (χ1v) is 7.54. The molecule has 0 radical (unpaired) electrons. The highest BCUT2D eigenvalue weighted by Crippen LogP contribution is 2.39. The number of carbonyl (C=O) groups is 1. The average molecular weight is 333 g/mol. The maximum atomic E-state index is 11.9. The van der Waals surface area contributed by atoms with Gasteiger partial charge in [-0.2, -0.15) is 0 Å². The van der Waals surface area contributed by atoms with Crippen molar-refractivity contribution in [3.63, 3.8) is 0 Å². The standard InChI is InChI=1S/C18H20N2O2.ClH/c1-12(19)18(21)20-16-10-11-22-17-14(8-5-9-15(16)17)13-6-3-2-4-7-13;/h2-9,12,16H,10-11,19H2,1H3,(H,20,21);1H/t12-,16?;/m1./s1. The lowest BCUT2D eigenvalue weighted by atomic mass is 9.94. The van der Waals surface area contributed by atoms with E-state index in [1.54, 1.807) is 6.92 Å². The molecule has 5 heteroatoms. The summed E-state index contributed by atoms with van der Waals surface area (Å²) in [4.78, 5) is 11.9. The molecule has 0 saturated carbocycles. The van der Waals surface area contributed by atoms with E-state index in [4.69, 9.17) is 10.5 Å². The SMILES string of the molecule is C[C@@H](N)C(=O)NC1CCOc2c(-c3ccccc3)cccc21.Cl. The first-order valence-electron chi connectivity index (χ1n) is 7.54. The van der Waals surface area contributed by atoms with Crippen molar-refractivity contribution in [2.24, 2.45) is 5.73 Å². The molecule has 0 aliphatic carbocycles. The predicted molar refractivity (Wildman–Crippen MR) is 93.8 cm³/mol. The molecule has 2 aromatic carbocycles. The van der Waals surface area contributed by atoms with E-state index in [1.165, 1.54) is 0 Å². The van der Waals surface area contributed by atoms with Crippen molar-refractivity contribution in [1.82, 2.24) is 5.32 Å². The Labute approximate surface area is 142 Å². The van der Waals surface area contributed by atoms with Gasteiger partial charge < -0.3 is 15.8 Å². The molecule has 122 valence electrons. The van der Waals surface area contributed by atoms with Gasteiger partial charge in [0.1, 0.15) is 5.75 Å². The van der Waals surface area contributed by atoms with Crippen molar-refractivity contribution >= 4 is 18.3 Å². The van der Waals surface area contributed by atoms with Crippen LogP contribution in [0.4, 0.5) is 0 Å². The van der Waals surface area contributed by atoms with Gasteiger partial charge in [-0.15, -0.1) is 12.4 Å². The first kappa shape index (κ1) is 17.3. The molecule has 1 aliphatic rings. The minimum atomic E-state index is -0.511. The van der Waals surface area contributed by atoms with Gasteiger partial charge in [0.15, 0.2) is 0 Å². The summed E-state index contributed by atoms with van der Waals surface area (Å²) >= 11 is 0. The van der Waals surface area contributed by atoms with Crippen molar-refractivity contribution in [1.29, 1.82) is 0 Å². The minimum Gasteiger partial charge on any atom is -0.492 e. The molecule has 4 nitrogen and oxygen atoms in total. The molecule has 0 spiro atoms. The number of halogens is 1. The van der Waals surface area contributed by atoms with Gasteiger partial charge in [0, 0.05) is 17.5 Å². The van der Waals surface area contributed by atoms with Gasteiger partial charge in [-0.1, -0.05) is 48.5 Å². The molecular weight excluding hydrogens is 312 g/mol. The lowest BCUT2D eigenvalue weighted by molar-refractivity contribution is -0.122. The van der Waals surface area contributed by atoms with Crippen molar-refractivity contribution in [3.8, 4) is 16.9 Å². The van der Waals surface area contributed by atoms with Gasteiger partial charge >= 0.3 is 0 Å². The van der Waals surface area contributed by atoms with Gasteiger partial charge in [0.05, 0.1) is 18.7 Å². The molecule has 1 amide bonds. The Morgan fingerprint density at radius 1 is 1.22 bits per heavy atom. The van der Waals surface area contributed by atoms with Crippen molar-refractivity contribution in [2.75, 3.05) is 6.61 Å². The number of benzene rings is 2. The Morgan fingerprint density at radius 2 is 1.96 bits per heavy atom. The molecule has 3 rings (SSSR count). The molecule has 1 aliphatic heterocycles. The Hall–Kier alpha value is -2.04. The molecular formula is C18H21ClN2O2. The average Bonchev–Trinajstić information content (AvgIpc) is 2.55. The van der Waals surface area contributed by atoms with E-state index in [-0.39, 0.29) is 24.4 Å². The summed E-state index contributed by atoms with van der Waals surface area (Å²) < 4.78 is 5.90. The van der Waals surface area contributed by atoms with Crippen LogP contribution in [0.2, 0.25) is 0 Å². The van der Waals surface area contributed by atoms with E-state index in [9.17, 15) is 4.79 Å². The van der Waals surface area contributed by atoms with Crippen molar-refractivity contribution in [2.45, 2.75) is 25.4 Å². The summed E-state index contributed by atoms with van der Waals surface area (Å²) in [6, 6.07) is 15.6. The van der Waals surface area contributed by atoms with Crippen LogP contribution >= 0.6 is 12.4 Å². The van der Waals surface area contributed by atoms with Gasteiger partial charge in [0.25, 0.3) is 0 Å². The molecule has 23 heavy (non-hydrogen) atoms. The maximum Gasteiger partial charge on any atom is 0.237 e. The smallest absolute Gasteiger partial charge is 0.237 e. The Kier molecular flexibility index (Phi) is 5.64. The number of hydrogen-bond donors (Lipinski definition) is 2. The molecule has 0 bridgehead atoms. The van der Waals surface area contributed by atoms with Crippen molar-refractivity contribution in [3.05, 3.63) is 54.1 Å². The number of rotatable bonds is 3. The number of amides is 1. The normalized spacial score (nSPS) is 17.2. The van der Waals surface area contributed by atoms with Crippen molar-refractivity contribution < 1.29 is 9.53 Å². The Bertz CT molecular complexity index is 674. The zero-order valence-corrected chi connectivity index (χ0v) is 13.8. The van der Waals surface area contributed by atoms with Crippen LogP contribution in [0, 0.1) is 0 Å². The van der Waals surface area contributed by atoms with E-state index >= 15 is 0 Å². The summed E-state index contributed by atoms with van der Waals surface area (Å²) in [6.45, 7) is 2.27. The third-order valence-electron chi connectivity index (χ3n) is 3.89. The first-order chi connectivity index (χ1) is 10.7. The van der Waals surface area contributed by atoms with Gasteiger partial charge in [-0.3, -0.25) is 4.79 Å². The second-order valence-electron chi connectivity index (χ2n) is 5.58. The molecule has 0 fully saturated rings. The van der Waals surface area contributed by atoms with E-state index in [1.807, 2.05) is 36.4 Å². The van der Waals surface area contributed by atoms with E-state index in [0.29, 0.717) is 6.61 Å². The number of para-hydroxylation sites is 1. The van der Waals surface area contributed by atoms with Gasteiger partial charge in [0.2, 0.25) is 5.91 Å². The van der Waals surface area contributed by atoms with Crippen LogP contribution in [-0.2, 0) is 4.79 Å². The fourth-order valence-corrected chi connectivity index (χ4v) is 2.72. The topological polar surface area (TPSA) is 64.4 Å². The fraction of sp³-hybridized carbons (Fsp3) is 0.278. The molecule has 3 N–H and O–H groups in total. The zero-order valence-electron chi connectivity index (χ0n) is 13.0. The van der Waals surface area contributed by atoms with Crippen LogP contribution in [0.3, 0.4) is 0 Å². The Balaban J connectivity index is 0.00000192. The third-order valence-corrected chi connectivity index (χ3v) is 3.89. The second kappa shape index (κ2) is 7.49. The fourth-order valence-electron chi connectivity index (χ4n) is 2.72. The van der Waals surface area contributed by atoms with E-state index < -0.39 is 6.04 Å². The van der Waals surface area contributed by atoms with Gasteiger partial charge in [-0.25, -0.2) is 0 Å². The van der Waals surface area contributed by atoms with Crippen LogP contribution in [0.25, 0.3) is 11.1 Å². The molecule has 2 aromatic rings.